The molecule has 0 aliphatic heterocycles. The highest BCUT2D eigenvalue weighted by atomic mass is 31.2. The number of phosphoric ester groups is 1. The van der Waals surface area contributed by atoms with Crippen LogP contribution in [0.2, 0.25) is 0 Å². The van der Waals surface area contributed by atoms with Gasteiger partial charge < -0.3 is 19.8 Å². The number of aliphatic hydroxyl groups is 1. The Morgan fingerprint density at radius 1 is 1.05 bits per heavy atom. The smallest absolute Gasteiger partial charge is 0.508 e. The molecule has 7 nitrogen and oxygen atoms in total. The average molecular weight is 326 g/mol. The molecule has 0 amide bonds. The van der Waals surface area contributed by atoms with Gasteiger partial charge in [-0.3, -0.25) is 9.79 Å². The van der Waals surface area contributed by atoms with Crippen LogP contribution in [0.1, 0.15) is 17.2 Å². The molecule has 1 unspecified atom stereocenters. The van der Waals surface area contributed by atoms with Crippen molar-refractivity contribution in [2.24, 2.45) is 0 Å². The van der Waals surface area contributed by atoms with Gasteiger partial charge in [-0.1, -0.05) is 12.1 Å². The summed E-state index contributed by atoms with van der Waals surface area (Å²) >= 11 is 0. The van der Waals surface area contributed by atoms with Gasteiger partial charge in [0.15, 0.2) is 0 Å². The van der Waals surface area contributed by atoms with Gasteiger partial charge in [-0.25, -0.2) is 4.57 Å². The van der Waals surface area contributed by atoms with Crippen molar-refractivity contribution in [1.29, 1.82) is 0 Å². The van der Waals surface area contributed by atoms with E-state index >= 15 is 0 Å². The summed E-state index contributed by atoms with van der Waals surface area (Å²) in [5, 5.41) is 29.0. The zero-order valence-electron chi connectivity index (χ0n) is 11.3. The van der Waals surface area contributed by atoms with Crippen LogP contribution in [0.3, 0.4) is 0 Å². The third-order valence-corrected chi connectivity index (χ3v) is 3.35. The Morgan fingerprint density at radius 3 is 2.36 bits per heavy atom. The molecule has 0 saturated heterocycles. The van der Waals surface area contributed by atoms with E-state index in [0.29, 0.717) is 5.56 Å². The van der Waals surface area contributed by atoms with Crippen LogP contribution in [0, 0.1) is 0 Å². The van der Waals surface area contributed by atoms with Gasteiger partial charge in [0.2, 0.25) is 0 Å². The van der Waals surface area contributed by atoms with Crippen LogP contribution in [0.5, 0.6) is 17.2 Å². The summed E-state index contributed by atoms with van der Waals surface area (Å²) in [5.74, 6) is -0.514. The fraction of sp³-hybridized carbons (Fsp3) is 0.143. The lowest BCUT2D eigenvalue weighted by molar-refractivity contribution is 0.174. The molecular formula is C14H15O7P. The Balaban J connectivity index is 2.29. The Bertz CT molecular complexity index is 710. The number of rotatable bonds is 5. The Kier molecular flexibility index (Phi) is 4.73. The molecule has 0 spiro atoms. The van der Waals surface area contributed by atoms with Gasteiger partial charge in [0.1, 0.15) is 17.2 Å². The lowest BCUT2D eigenvalue weighted by atomic mass is 10.0. The van der Waals surface area contributed by atoms with Gasteiger partial charge in [-0.15, -0.1) is 0 Å². The van der Waals surface area contributed by atoms with E-state index in [4.69, 9.17) is 9.79 Å². The highest BCUT2D eigenvalue weighted by Gasteiger charge is 2.22. The number of benzene rings is 2. The molecule has 2 aromatic rings. The molecule has 0 aliphatic rings. The summed E-state index contributed by atoms with van der Waals surface area (Å²) < 4.78 is 15.5. The van der Waals surface area contributed by atoms with Crippen LogP contribution in [0.15, 0.2) is 42.5 Å². The SMILES string of the molecule is O=P(O)(O)Oc1cc(O)ccc1C(O)Cc1cccc(O)c1. The highest BCUT2D eigenvalue weighted by molar-refractivity contribution is 7.46. The minimum Gasteiger partial charge on any atom is -0.508 e. The second-order valence-electron chi connectivity index (χ2n) is 4.69. The number of phenols is 2. The van der Waals surface area contributed by atoms with Crippen LogP contribution in [-0.2, 0) is 11.0 Å². The first-order valence-electron chi connectivity index (χ1n) is 6.28. The fourth-order valence-corrected chi connectivity index (χ4v) is 2.44. The van der Waals surface area contributed by atoms with E-state index in [2.05, 4.69) is 4.52 Å². The van der Waals surface area contributed by atoms with E-state index in [1.54, 1.807) is 12.1 Å². The summed E-state index contributed by atoms with van der Waals surface area (Å²) in [7, 11) is -4.83. The minimum absolute atomic E-state index is 0.0436. The van der Waals surface area contributed by atoms with Crippen LogP contribution >= 0.6 is 7.82 Å². The summed E-state index contributed by atoms with van der Waals surface area (Å²) in [4.78, 5) is 17.8. The first-order valence-corrected chi connectivity index (χ1v) is 7.81. The average Bonchev–Trinajstić information content (AvgIpc) is 2.36. The summed E-state index contributed by atoms with van der Waals surface area (Å²) in [6.45, 7) is 0. The van der Waals surface area contributed by atoms with E-state index in [0.717, 1.165) is 6.07 Å². The van der Waals surface area contributed by atoms with E-state index in [-0.39, 0.29) is 29.2 Å². The number of hydrogen-bond acceptors (Lipinski definition) is 5. The number of hydrogen-bond donors (Lipinski definition) is 5. The van der Waals surface area contributed by atoms with Gasteiger partial charge >= 0.3 is 7.82 Å². The monoisotopic (exact) mass is 326 g/mol. The largest absolute Gasteiger partial charge is 0.524 e. The van der Waals surface area contributed by atoms with Crippen molar-refractivity contribution in [2.45, 2.75) is 12.5 Å². The second-order valence-corrected chi connectivity index (χ2v) is 5.86. The molecule has 5 N–H and O–H groups in total. The Morgan fingerprint density at radius 2 is 1.73 bits per heavy atom. The van der Waals surface area contributed by atoms with Crippen LogP contribution in [-0.4, -0.2) is 25.1 Å². The van der Waals surface area contributed by atoms with Crippen molar-refractivity contribution in [3.8, 4) is 17.2 Å². The fourth-order valence-electron chi connectivity index (χ4n) is 2.02. The summed E-state index contributed by atoms with van der Waals surface area (Å²) in [6, 6.07) is 9.85. The normalized spacial score (nSPS) is 12.9. The third kappa shape index (κ3) is 4.47. The quantitative estimate of drug-likeness (QED) is 0.530. The van der Waals surface area contributed by atoms with Crippen molar-refractivity contribution in [3.05, 3.63) is 53.6 Å². The van der Waals surface area contributed by atoms with Gasteiger partial charge in [0.25, 0.3) is 0 Å². The van der Waals surface area contributed by atoms with Crippen molar-refractivity contribution < 1.29 is 34.2 Å². The molecule has 118 valence electrons. The first kappa shape index (κ1) is 16.3. The molecule has 2 rings (SSSR count). The van der Waals surface area contributed by atoms with Gasteiger partial charge in [-0.2, -0.15) is 0 Å². The maximum absolute atomic E-state index is 11.0. The minimum atomic E-state index is -4.83. The number of aromatic hydroxyl groups is 2. The molecule has 0 radical (unpaired) electrons. The number of phosphoric acid groups is 1. The standard InChI is InChI=1S/C14H15O7P/c15-10-3-1-2-9(6-10)7-13(17)12-5-4-11(16)8-14(12)21-22(18,19)20/h1-6,8,13,15-17H,7H2,(H2,18,19,20). The first-order chi connectivity index (χ1) is 10.2. The molecule has 0 fully saturated rings. The van der Waals surface area contributed by atoms with Crippen LogP contribution < -0.4 is 4.52 Å². The van der Waals surface area contributed by atoms with Crippen molar-refractivity contribution in [1.82, 2.24) is 0 Å². The van der Waals surface area contributed by atoms with Gasteiger partial charge in [-0.05, 0) is 29.8 Å². The van der Waals surface area contributed by atoms with Gasteiger partial charge in [0.05, 0.1) is 6.10 Å². The van der Waals surface area contributed by atoms with E-state index in [9.17, 15) is 19.9 Å². The highest BCUT2D eigenvalue weighted by Crippen LogP contribution is 2.42. The Hall–Kier alpha value is -2.05. The zero-order chi connectivity index (χ0) is 16.3. The maximum Gasteiger partial charge on any atom is 0.524 e. The van der Waals surface area contributed by atoms with Crippen molar-refractivity contribution in [3.63, 3.8) is 0 Å². The summed E-state index contributed by atoms with van der Waals surface area (Å²) in [5.41, 5.74) is 0.743. The van der Waals surface area contributed by atoms with Crippen LogP contribution in [0.25, 0.3) is 0 Å². The third-order valence-electron chi connectivity index (χ3n) is 2.91. The predicted octanol–water partition coefficient (Wildman–Crippen LogP) is 1.85. The van der Waals surface area contributed by atoms with Crippen molar-refractivity contribution >= 4 is 7.82 Å². The molecule has 0 saturated carbocycles. The molecule has 1 atom stereocenters. The number of phenolic OH excluding ortho intramolecular Hbond substituents is 2. The van der Waals surface area contributed by atoms with E-state index < -0.39 is 13.9 Å². The lowest BCUT2D eigenvalue weighted by Crippen LogP contribution is -2.04. The molecule has 0 aliphatic carbocycles. The van der Waals surface area contributed by atoms with Gasteiger partial charge in [0, 0.05) is 18.1 Å². The van der Waals surface area contributed by atoms with Crippen LogP contribution in [0.4, 0.5) is 0 Å². The second kappa shape index (κ2) is 6.37. The molecule has 8 heteroatoms. The number of aliphatic hydroxyl groups excluding tert-OH is 1. The zero-order valence-corrected chi connectivity index (χ0v) is 12.2. The molecule has 0 heterocycles. The topological polar surface area (TPSA) is 127 Å². The molecule has 22 heavy (non-hydrogen) atoms. The Labute approximate surface area is 126 Å². The van der Waals surface area contributed by atoms with E-state index in [1.807, 2.05) is 0 Å². The predicted molar refractivity (Wildman–Crippen MR) is 77.5 cm³/mol. The van der Waals surface area contributed by atoms with E-state index in [1.165, 1.54) is 24.3 Å². The maximum atomic E-state index is 11.0. The molecule has 0 bridgehead atoms. The summed E-state index contributed by atoms with van der Waals surface area (Å²) in [6.07, 6.45) is -1.04. The lowest BCUT2D eigenvalue weighted by Gasteiger charge is -2.17. The van der Waals surface area contributed by atoms with Crippen molar-refractivity contribution in [2.75, 3.05) is 0 Å². The molecular weight excluding hydrogens is 311 g/mol. The molecule has 0 aromatic heterocycles. The molecule has 2 aromatic carbocycles.